The van der Waals surface area contributed by atoms with Gasteiger partial charge in [0.05, 0.1) is 6.10 Å². The molecule has 0 fully saturated rings. The average molecular weight is 258 g/mol. The van der Waals surface area contributed by atoms with Crippen molar-refractivity contribution in [3.05, 3.63) is 0 Å². The van der Waals surface area contributed by atoms with Crippen LogP contribution < -0.4 is 0 Å². The van der Waals surface area contributed by atoms with E-state index in [2.05, 4.69) is 58.5 Å². The zero-order chi connectivity index (χ0) is 14.3. The van der Waals surface area contributed by atoms with Crippen LogP contribution in [0.5, 0.6) is 0 Å². The summed E-state index contributed by atoms with van der Waals surface area (Å²) < 4.78 is 0. The van der Waals surface area contributed by atoms with Gasteiger partial charge in [-0.05, 0) is 31.8 Å². The highest BCUT2D eigenvalue weighted by Gasteiger charge is 2.22. The Morgan fingerprint density at radius 2 is 1.56 bits per heavy atom. The standard InChI is InChI=1S/C15H34N2O/c1-13(2)12-17(11-10-16(6)7)9-8-14(18)15(3,4)5/h13-14,18H,8-12H2,1-7H3. The van der Waals surface area contributed by atoms with E-state index in [4.69, 9.17) is 0 Å². The normalized spacial score (nSPS) is 14.8. The van der Waals surface area contributed by atoms with Gasteiger partial charge in [0.2, 0.25) is 0 Å². The molecule has 0 bridgehead atoms. The molecule has 0 heterocycles. The fourth-order valence-electron chi connectivity index (χ4n) is 1.89. The molecule has 0 saturated heterocycles. The van der Waals surface area contributed by atoms with Gasteiger partial charge < -0.3 is 14.9 Å². The summed E-state index contributed by atoms with van der Waals surface area (Å²) in [7, 11) is 4.22. The smallest absolute Gasteiger partial charge is 0.0600 e. The van der Waals surface area contributed by atoms with E-state index in [1.165, 1.54) is 0 Å². The summed E-state index contributed by atoms with van der Waals surface area (Å²) in [5.74, 6) is 0.680. The fraction of sp³-hybridized carbons (Fsp3) is 1.00. The first-order valence-corrected chi connectivity index (χ1v) is 7.18. The lowest BCUT2D eigenvalue weighted by atomic mass is 9.87. The molecule has 0 aromatic carbocycles. The molecular formula is C15H34N2O. The van der Waals surface area contributed by atoms with Gasteiger partial charge in [0.25, 0.3) is 0 Å². The molecule has 0 aliphatic carbocycles. The minimum Gasteiger partial charge on any atom is -0.393 e. The van der Waals surface area contributed by atoms with E-state index in [0.29, 0.717) is 5.92 Å². The Hall–Kier alpha value is -0.120. The molecule has 0 amide bonds. The Kier molecular flexibility index (Phi) is 8.08. The molecule has 3 nitrogen and oxygen atoms in total. The maximum Gasteiger partial charge on any atom is 0.0600 e. The molecule has 0 aromatic heterocycles. The van der Waals surface area contributed by atoms with Crippen LogP contribution >= 0.6 is 0 Å². The number of hydrogen-bond acceptors (Lipinski definition) is 3. The second-order valence-corrected chi connectivity index (χ2v) is 7.17. The van der Waals surface area contributed by atoms with Crippen molar-refractivity contribution in [3.63, 3.8) is 0 Å². The summed E-state index contributed by atoms with van der Waals surface area (Å²) in [5.41, 5.74) is -0.00888. The predicted octanol–water partition coefficient (Wildman–Crippen LogP) is 2.30. The second kappa shape index (κ2) is 8.13. The van der Waals surface area contributed by atoms with E-state index in [-0.39, 0.29) is 11.5 Å². The first-order chi connectivity index (χ1) is 8.12. The Balaban J connectivity index is 4.15. The van der Waals surface area contributed by atoms with E-state index >= 15 is 0 Å². The molecule has 0 spiro atoms. The van der Waals surface area contributed by atoms with Crippen LogP contribution in [0, 0.1) is 11.3 Å². The van der Waals surface area contributed by atoms with Crippen LogP contribution in [-0.2, 0) is 0 Å². The molecule has 110 valence electrons. The third-order valence-corrected chi connectivity index (χ3v) is 3.21. The number of likely N-dealkylation sites (N-methyl/N-ethyl adjacent to an activating group) is 1. The maximum atomic E-state index is 10.1. The molecule has 0 rings (SSSR count). The summed E-state index contributed by atoms with van der Waals surface area (Å²) in [5, 5.41) is 10.1. The summed E-state index contributed by atoms with van der Waals surface area (Å²) in [6.45, 7) is 15.1. The molecule has 0 radical (unpaired) electrons. The lowest BCUT2D eigenvalue weighted by Crippen LogP contribution is -2.38. The van der Waals surface area contributed by atoms with Crippen LogP contribution in [0.15, 0.2) is 0 Å². The third-order valence-electron chi connectivity index (χ3n) is 3.21. The summed E-state index contributed by atoms with van der Waals surface area (Å²) in [6, 6.07) is 0. The Morgan fingerprint density at radius 3 is 1.94 bits per heavy atom. The highest BCUT2D eigenvalue weighted by atomic mass is 16.3. The van der Waals surface area contributed by atoms with Crippen molar-refractivity contribution in [2.75, 3.05) is 40.3 Å². The summed E-state index contributed by atoms with van der Waals surface area (Å²) >= 11 is 0. The van der Waals surface area contributed by atoms with Crippen molar-refractivity contribution in [2.24, 2.45) is 11.3 Å². The minimum absolute atomic E-state index is 0.00888. The van der Waals surface area contributed by atoms with Gasteiger partial charge in [-0.1, -0.05) is 34.6 Å². The number of rotatable bonds is 8. The highest BCUT2D eigenvalue weighted by molar-refractivity contribution is 4.74. The van der Waals surface area contributed by atoms with Crippen molar-refractivity contribution in [3.8, 4) is 0 Å². The maximum absolute atomic E-state index is 10.1. The Morgan fingerprint density at radius 1 is 1.00 bits per heavy atom. The number of aliphatic hydroxyl groups is 1. The largest absolute Gasteiger partial charge is 0.393 e. The van der Waals surface area contributed by atoms with Crippen LogP contribution in [-0.4, -0.2) is 61.3 Å². The monoisotopic (exact) mass is 258 g/mol. The molecule has 18 heavy (non-hydrogen) atoms. The van der Waals surface area contributed by atoms with Crippen LogP contribution in [0.4, 0.5) is 0 Å². The molecule has 0 saturated carbocycles. The first-order valence-electron chi connectivity index (χ1n) is 7.18. The van der Waals surface area contributed by atoms with Gasteiger partial charge in [0.15, 0.2) is 0 Å². The van der Waals surface area contributed by atoms with E-state index in [1.807, 2.05) is 0 Å². The molecule has 1 atom stereocenters. The van der Waals surface area contributed by atoms with E-state index in [9.17, 15) is 5.11 Å². The zero-order valence-electron chi connectivity index (χ0n) is 13.5. The van der Waals surface area contributed by atoms with Crippen LogP contribution in [0.25, 0.3) is 0 Å². The van der Waals surface area contributed by atoms with Gasteiger partial charge in [-0.3, -0.25) is 0 Å². The molecule has 3 heteroatoms. The van der Waals surface area contributed by atoms with Crippen LogP contribution in [0.2, 0.25) is 0 Å². The number of hydrogen-bond donors (Lipinski definition) is 1. The quantitative estimate of drug-likeness (QED) is 0.724. The molecule has 1 N–H and O–H groups in total. The lowest BCUT2D eigenvalue weighted by molar-refractivity contribution is 0.0438. The van der Waals surface area contributed by atoms with E-state index in [0.717, 1.165) is 32.6 Å². The highest BCUT2D eigenvalue weighted by Crippen LogP contribution is 2.21. The van der Waals surface area contributed by atoms with Crippen LogP contribution in [0.3, 0.4) is 0 Å². The van der Waals surface area contributed by atoms with Gasteiger partial charge >= 0.3 is 0 Å². The van der Waals surface area contributed by atoms with Crippen molar-refractivity contribution in [2.45, 2.75) is 47.1 Å². The van der Waals surface area contributed by atoms with Gasteiger partial charge in [0, 0.05) is 26.2 Å². The lowest BCUT2D eigenvalue weighted by Gasteiger charge is -2.30. The van der Waals surface area contributed by atoms with Crippen molar-refractivity contribution in [1.29, 1.82) is 0 Å². The Labute approximate surface area is 114 Å². The fourth-order valence-corrected chi connectivity index (χ4v) is 1.89. The summed E-state index contributed by atoms with van der Waals surface area (Å²) in [4.78, 5) is 4.69. The van der Waals surface area contributed by atoms with E-state index in [1.54, 1.807) is 0 Å². The molecule has 1 unspecified atom stereocenters. The molecular weight excluding hydrogens is 224 g/mol. The Bertz CT molecular complexity index is 209. The number of aliphatic hydroxyl groups excluding tert-OH is 1. The first kappa shape index (κ1) is 17.9. The number of nitrogens with zero attached hydrogens (tertiary/aromatic N) is 2. The summed E-state index contributed by atoms with van der Waals surface area (Å²) in [6.07, 6.45) is 0.649. The average Bonchev–Trinajstić information content (AvgIpc) is 2.19. The van der Waals surface area contributed by atoms with Gasteiger partial charge in [-0.15, -0.1) is 0 Å². The van der Waals surface area contributed by atoms with Crippen molar-refractivity contribution in [1.82, 2.24) is 9.80 Å². The molecule has 0 aliphatic heterocycles. The van der Waals surface area contributed by atoms with Gasteiger partial charge in [-0.2, -0.15) is 0 Å². The van der Waals surface area contributed by atoms with E-state index < -0.39 is 0 Å². The minimum atomic E-state index is -0.216. The third kappa shape index (κ3) is 8.90. The topological polar surface area (TPSA) is 26.7 Å². The van der Waals surface area contributed by atoms with Crippen molar-refractivity contribution < 1.29 is 5.11 Å². The molecule has 0 aliphatic rings. The van der Waals surface area contributed by atoms with Gasteiger partial charge in [0.1, 0.15) is 0 Å². The molecule has 0 aromatic rings. The van der Waals surface area contributed by atoms with Crippen molar-refractivity contribution >= 4 is 0 Å². The zero-order valence-corrected chi connectivity index (χ0v) is 13.5. The predicted molar refractivity (Wildman–Crippen MR) is 79.9 cm³/mol. The van der Waals surface area contributed by atoms with Crippen LogP contribution in [0.1, 0.15) is 41.0 Å². The second-order valence-electron chi connectivity index (χ2n) is 7.17. The van der Waals surface area contributed by atoms with Gasteiger partial charge in [-0.25, -0.2) is 0 Å². The SMILES string of the molecule is CC(C)CN(CCC(O)C(C)(C)C)CCN(C)C.